The largest absolute Gasteiger partial charge is 0.456 e. The van der Waals surface area contributed by atoms with Gasteiger partial charge in [-0.2, -0.15) is 0 Å². The molecule has 5 nitrogen and oxygen atoms in total. The van der Waals surface area contributed by atoms with Gasteiger partial charge in [-0.15, -0.1) is 0 Å². The Morgan fingerprint density at radius 3 is 1.91 bits per heavy atom. The summed E-state index contributed by atoms with van der Waals surface area (Å²) in [6.45, 7) is 0. The van der Waals surface area contributed by atoms with E-state index in [9.17, 15) is 0 Å². The average molecular weight is 745 g/mol. The number of fused-ring (bicyclic) bond motifs is 5. The lowest BCUT2D eigenvalue weighted by Crippen LogP contribution is -2.33. The Morgan fingerprint density at radius 1 is 0.448 bits per heavy atom. The second-order valence-electron chi connectivity index (χ2n) is 14.6. The lowest BCUT2D eigenvalue weighted by atomic mass is 10.0. The van der Waals surface area contributed by atoms with Crippen LogP contribution in [0, 0.1) is 0 Å². The number of nitrogens with one attached hydrogen (secondary N) is 1. The minimum Gasteiger partial charge on any atom is -0.456 e. The number of hydrogen-bond donors (Lipinski definition) is 1. The number of benzene rings is 9. The maximum Gasteiger partial charge on any atom is 0.160 e. The third-order valence-corrected chi connectivity index (χ3v) is 11.1. The van der Waals surface area contributed by atoms with Crippen molar-refractivity contribution in [1.82, 2.24) is 5.32 Å². The second-order valence-corrected chi connectivity index (χ2v) is 14.6. The van der Waals surface area contributed by atoms with Gasteiger partial charge in [0.05, 0.1) is 0 Å². The number of rotatable bonds is 7. The summed E-state index contributed by atoms with van der Waals surface area (Å²) in [5, 5.41) is 10.4. The van der Waals surface area contributed by atoms with Crippen molar-refractivity contribution in [3.63, 3.8) is 0 Å². The first-order valence-corrected chi connectivity index (χ1v) is 19.6. The molecule has 2 heterocycles. The van der Waals surface area contributed by atoms with Gasteiger partial charge in [0.15, 0.2) is 5.84 Å². The molecule has 9 aromatic carbocycles. The summed E-state index contributed by atoms with van der Waals surface area (Å²) >= 11 is 0. The Hall–Kier alpha value is -7.76. The number of nitrogens with zero attached hydrogens (tertiary/aromatic N) is 3. The Bertz CT molecular complexity index is 3200. The van der Waals surface area contributed by atoms with Crippen LogP contribution in [-0.4, -0.2) is 11.7 Å². The molecule has 58 heavy (non-hydrogen) atoms. The van der Waals surface area contributed by atoms with Crippen LogP contribution in [0.3, 0.4) is 0 Å². The summed E-state index contributed by atoms with van der Waals surface area (Å²) in [5.41, 5.74) is 10.1. The average Bonchev–Trinajstić information content (AvgIpc) is 3.68. The van der Waals surface area contributed by atoms with Gasteiger partial charge in [0.2, 0.25) is 0 Å². The third kappa shape index (κ3) is 5.97. The molecule has 10 aromatic rings. The first-order chi connectivity index (χ1) is 28.7. The van der Waals surface area contributed by atoms with E-state index in [4.69, 9.17) is 14.4 Å². The maximum atomic E-state index is 6.73. The molecule has 5 heteroatoms. The summed E-state index contributed by atoms with van der Waals surface area (Å²) in [5.74, 6) is 1.43. The molecule has 0 saturated heterocycles. The van der Waals surface area contributed by atoms with E-state index in [0.717, 1.165) is 66.9 Å². The van der Waals surface area contributed by atoms with Crippen LogP contribution in [0.5, 0.6) is 0 Å². The van der Waals surface area contributed by atoms with Crippen LogP contribution >= 0.6 is 0 Å². The summed E-state index contributed by atoms with van der Waals surface area (Å²) in [7, 11) is 0. The predicted octanol–water partition coefficient (Wildman–Crippen LogP) is 13.5. The number of amidine groups is 2. The van der Waals surface area contributed by atoms with Crippen molar-refractivity contribution < 1.29 is 4.42 Å². The molecule has 0 fully saturated rings. The van der Waals surface area contributed by atoms with Gasteiger partial charge in [-0.3, -0.25) is 0 Å². The molecule has 1 aliphatic heterocycles. The number of aliphatic imine (C=N–C) groups is 2. The molecular formula is C53H36N4O. The predicted molar refractivity (Wildman–Crippen MR) is 241 cm³/mol. The molecule has 1 unspecified atom stereocenters. The zero-order chi connectivity index (χ0) is 38.4. The van der Waals surface area contributed by atoms with Crippen molar-refractivity contribution in [3.05, 3.63) is 223 Å². The Labute approximate surface area is 335 Å². The first-order valence-electron chi connectivity index (χ1n) is 19.6. The van der Waals surface area contributed by atoms with E-state index in [1.54, 1.807) is 0 Å². The number of anilines is 3. The van der Waals surface area contributed by atoms with E-state index in [0.29, 0.717) is 5.84 Å². The zero-order valence-corrected chi connectivity index (χ0v) is 31.5. The zero-order valence-electron chi connectivity index (χ0n) is 31.5. The first kappa shape index (κ1) is 33.6. The summed E-state index contributed by atoms with van der Waals surface area (Å²) in [4.78, 5) is 12.8. The highest BCUT2D eigenvalue weighted by Crippen LogP contribution is 2.41. The topological polar surface area (TPSA) is 53.1 Å². The number of hydrogen-bond acceptors (Lipinski definition) is 5. The highest BCUT2D eigenvalue weighted by Gasteiger charge is 2.25. The van der Waals surface area contributed by atoms with Crippen LogP contribution in [0.4, 0.5) is 17.1 Å². The Kier molecular flexibility index (Phi) is 8.14. The van der Waals surface area contributed by atoms with Gasteiger partial charge in [-0.1, -0.05) is 158 Å². The highest BCUT2D eigenvalue weighted by atomic mass is 16.3. The fourth-order valence-electron chi connectivity index (χ4n) is 8.30. The van der Waals surface area contributed by atoms with Gasteiger partial charge < -0.3 is 14.6 Å². The Balaban J connectivity index is 1.05. The van der Waals surface area contributed by atoms with Crippen molar-refractivity contribution in [3.8, 4) is 11.1 Å². The molecule has 1 N–H and O–H groups in total. The lowest BCUT2D eigenvalue weighted by molar-refractivity contribution is 0.668. The quantitative estimate of drug-likeness (QED) is 0.177. The minimum atomic E-state index is -0.349. The summed E-state index contributed by atoms with van der Waals surface area (Å²) in [6, 6.07) is 72.2. The molecule has 0 radical (unpaired) electrons. The van der Waals surface area contributed by atoms with Crippen molar-refractivity contribution >= 4 is 72.2 Å². The van der Waals surface area contributed by atoms with Crippen LogP contribution < -0.4 is 10.2 Å². The van der Waals surface area contributed by atoms with Crippen molar-refractivity contribution in [2.75, 3.05) is 4.90 Å². The van der Waals surface area contributed by atoms with Gasteiger partial charge in [0.1, 0.15) is 23.2 Å². The molecule has 274 valence electrons. The molecule has 0 bridgehead atoms. The van der Waals surface area contributed by atoms with Gasteiger partial charge >= 0.3 is 0 Å². The van der Waals surface area contributed by atoms with Crippen LogP contribution in [0.15, 0.2) is 221 Å². The van der Waals surface area contributed by atoms with Crippen molar-refractivity contribution in [1.29, 1.82) is 0 Å². The summed E-state index contributed by atoms with van der Waals surface area (Å²) < 4.78 is 6.73. The minimum absolute atomic E-state index is 0.349. The van der Waals surface area contributed by atoms with Crippen LogP contribution in [0.1, 0.15) is 22.9 Å². The molecule has 1 aromatic heterocycles. The number of furan rings is 1. The van der Waals surface area contributed by atoms with Crippen molar-refractivity contribution in [2.24, 2.45) is 9.98 Å². The van der Waals surface area contributed by atoms with E-state index in [2.05, 4.69) is 186 Å². The normalized spacial score (nSPS) is 14.0. The van der Waals surface area contributed by atoms with Crippen molar-refractivity contribution in [2.45, 2.75) is 6.17 Å². The lowest BCUT2D eigenvalue weighted by Gasteiger charge is -2.26. The van der Waals surface area contributed by atoms with Crippen LogP contribution in [0.25, 0.3) is 54.6 Å². The van der Waals surface area contributed by atoms with Gasteiger partial charge in [0, 0.05) is 50.6 Å². The van der Waals surface area contributed by atoms with E-state index in [1.165, 1.54) is 27.3 Å². The molecule has 0 spiro atoms. The van der Waals surface area contributed by atoms with E-state index >= 15 is 0 Å². The SMILES string of the molecule is c1ccc(C2=NC(c3cccc4oc5cc(N(c6ccc(-c7ccccc7)cc6)c6ccc7ccccc7c6)ccc5c34)=NC(c3cccc4ccccc34)N2)cc1. The fourth-order valence-corrected chi connectivity index (χ4v) is 8.30. The monoisotopic (exact) mass is 744 g/mol. The van der Waals surface area contributed by atoms with E-state index < -0.39 is 0 Å². The third-order valence-electron chi connectivity index (χ3n) is 11.1. The van der Waals surface area contributed by atoms with E-state index in [-0.39, 0.29) is 6.17 Å². The van der Waals surface area contributed by atoms with Gasteiger partial charge in [0.25, 0.3) is 0 Å². The second kappa shape index (κ2) is 14.1. The molecule has 0 aliphatic carbocycles. The van der Waals surface area contributed by atoms with Crippen LogP contribution in [0.2, 0.25) is 0 Å². The smallest absolute Gasteiger partial charge is 0.160 e. The Morgan fingerprint density at radius 2 is 1.09 bits per heavy atom. The van der Waals surface area contributed by atoms with Gasteiger partial charge in [-0.05, 0) is 75.1 Å². The standard InChI is InChI=1S/C53H36N4O/c1-3-13-35(14-4-1)37-25-28-41(29-26-37)57(42-30-27-36-15-7-8-19-40(36)33-42)43-31-32-46-49(34-43)58-48-24-12-23-47(50(46)48)53-55-51(39-17-5-2-6-18-39)54-52(56-53)45-22-11-20-38-16-9-10-21-44(38)45/h1-34,52H,(H,54,55,56). The maximum absolute atomic E-state index is 6.73. The molecular weight excluding hydrogens is 709 g/mol. The molecule has 0 saturated carbocycles. The molecule has 1 atom stereocenters. The highest BCUT2D eigenvalue weighted by molar-refractivity contribution is 6.22. The molecule has 11 rings (SSSR count). The molecule has 0 amide bonds. The van der Waals surface area contributed by atoms with Crippen LogP contribution in [-0.2, 0) is 0 Å². The summed E-state index contributed by atoms with van der Waals surface area (Å²) in [6.07, 6.45) is -0.349. The fraction of sp³-hybridized carbons (Fsp3) is 0.0189. The van der Waals surface area contributed by atoms with Gasteiger partial charge in [-0.25, -0.2) is 9.98 Å². The van der Waals surface area contributed by atoms with E-state index in [1.807, 2.05) is 30.3 Å². The molecule has 1 aliphatic rings.